The van der Waals surface area contributed by atoms with E-state index in [9.17, 15) is 63.5 Å². The van der Waals surface area contributed by atoms with E-state index < -0.39 is 41.2 Å². The van der Waals surface area contributed by atoms with Crippen molar-refractivity contribution in [1.29, 1.82) is 0 Å². The number of fused-ring (bicyclic) bond motifs is 3. The van der Waals surface area contributed by atoms with E-state index in [1.807, 2.05) is 23.8 Å². The van der Waals surface area contributed by atoms with Crippen molar-refractivity contribution in [3.8, 4) is 33.4 Å². The fourth-order valence-corrected chi connectivity index (χ4v) is 14.4. The second kappa shape index (κ2) is 30.5. The van der Waals surface area contributed by atoms with Gasteiger partial charge in [-0.15, -0.1) is 34.0 Å². The summed E-state index contributed by atoms with van der Waals surface area (Å²) in [4.78, 5) is 62.4. The van der Waals surface area contributed by atoms with Crippen LogP contribution in [0.1, 0.15) is 125 Å². The van der Waals surface area contributed by atoms with Crippen LogP contribution in [0.2, 0.25) is 0 Å². The van der Waals surface area contributed by atoms with E-state index in [0.717, 1.165) is 99.4 Å². The van der Waals surface area contributed by atoms with Gasteiger partial charge in [0.25, 0.3) is 0 Å². The van der Waals surface area contributed by atoms with Crippen LogP contribution in [0.5, 0.6) is 0 Å². The summed E-state index contributed by atoms with van der Waals surface area (Å²) in [6, 6.07) is 37.1. The zero-order valence-corrected chi connectivity index (χ0v) is 54.3. The maximum absolute atomic E-state index is 13.1. The van der Waals surface area contributed by atoms with E-state index in [1.54, 1.807) is 90.2 Å². The standard InChI is InChI=1S/C23H17F3O3S.C22H17F3OS.C16H11F3O.C7H7BrO2S.C4H8O/c1-29-22(28)20-9-13(12-30-20)8-15-11-19-17(6-3-7-18(19)21(15)27)14-4-2-5-16(10-14)23(24,25)26;1-13-8-14(12-27-13)9-16-11-20-18(6-3-7-19(20)21(16)26)15-4-2-5-17(10-15)22(23,24)25;17-16(18,19)11-4-1-3-10(9-11)12-5-2-6-14-13(12)7-8-15(14)20;1-10-7(9)6-2-5(3-8)4-11-6;1-2-4-5-3-1/h2-7,9-10,12,15H,8,11H2,1H3;2-8,10,12,16H,9,11H2,1H3;1-6,9H,7-8H2;2,4H,3H2,1H3;1-4H2. The molecule has 2 atom stereocenters. The molecule has 0 N–H and O–H groups in total. The van der Waals surface area contributed by atoms with Gasteiger partial charge >= 0.3 is 30.5 Å². The maximum atomic E-state index is 13.1. The molecule has 1 aliphatic heterocycles. The molecule has 0 radical (unpaired) electrons. The molecule has 1 fully saturated rings. The molecule has 0 amide bonds. The first-order valence-electron chi connectivity index (χ1n) is 29.3. The van der Waals surface area contributed by atoms with Gasteiger partial charge in [0.2, 0.25) is 0 Å². The van der Waals surface area contributed by atoms with E-state index in [4.69, 9.17) is 9.47 Å². The van der Waals surface area contributed by atoms with Gasteiger partial charge in [0.05, 0.1) is 30.9 Å². The predicted octanol–water partition coefficient (Wildman–Crippen LogP) is 19.9. The number of hydrogen-bond donors (Lipinski definition) is 0. The molecule has 0 spiro atoms. The SMILES string of the molecule is C1CCOC1.COC(=O)c1cc(CBr)cs1.COC(=O)c1cc(CC2Cc3c(cccc3-c3cccc(C(F)(F)F)c3)C2=O)cs1.Cc1cc(CC2Cc3c(cccc3-c3cccc(C(F)(F)F)c3)C2=O)cs1.O=C1CCc2c1cccc2-c1cccc(C(F)(F)F)c1. The molecule has 1 saturated heterocycles. The lowest BCUT2D eigenvalue weighted by atomic mass is 9.94. The number of carbonyl (C=O) groups excluding carboxylic acids is 5. The summed E-state index contributed by atoms with van der Waals surface area (Å²) in [7, 11) is 2.70. The lowest BCUT2D eigenvalue weighted by Gasteiger charge is -2.12. The lowest BCUT2D eigenvalue weighted by molar-refractivity contribution is -0.138. The Morgan fingerprint density at radius 1 is 0.484 bits per heavy atom. The molecule has 4 heterocycles. The number of halogens is 10. The topological polar surface area (TPSA) is 113 Å². The molecule has 2 unspecified atom stereocenters. The van der Waals surface area contributed by atoms with Crippen molar-refractivity contribution >= 4 is 79.2 Å². The fraction of sp³-hybridized carbons (Fsp3) is 0.264. The van der Waals surface area contributed by atoms with Crippen molar-refractivity contribution in [1.82, 2.24) is 0 Å². The normalized spacial score (nSPS) is 15.5. The minimum absolute atomic E-state index is 0.0235. The van der Waals surface area contributed by atoms with Gasteiger partial charge in [-0.2, -0.15) is 39.5 Å². The first-order valence-corrected chi connectivity index (χ1v) is 33.1. The Balaban J connectivity index is 0.000000149. The maximum Gasteiger partial charge on any atom is 0.416 e. The van der Waals surface area contributed by atoms with Crippen molar-refractivity contribution in [3.05, 3.63) is 243 Å². The molecule has 0 saturated carbocycles. The molecule has 8 nitrogen and oxygen atoms in total. The third-order valence-electron chi connectivity index (χ3n) is 15.9. The van der Waals surface area contributed by atoms with Gasteiger partial charge in [0.15, 0.2) is 17.3 Å². The number of carbonyl (C=O) groups is 5. The zero-order chi connectivity index (χ0) is 66.8. The highest BCUT2D eigenvalue weighted by atomic mass is 79.9. The molecule has 3 aromatic heterocycles. The molecular weight excluding hydrogens is 1340 g/mol. The Kier molecular flexibility index (Phi) is 22.8. The zero-order valence-electron chi connectivity index (χ0n) is 50.3. The molecule has 6 aromatic carbocycles. The van der Waals surface area contributed by atoms with Crippen LogP contribution in [0, 0.1) is 18.8 Å². The van der Waals surface area contributed by atoms with Gasteiger partial charge in [-0.05, 0) is 189 Å². The van der Waals surface area contributed by atoms with Gasteiger partial charge in [0, 0.05) is 58.4 Å². The number of ether oxygens (including phenoxy) is 3. The Morgan fingerprint density at radius 2 is 0.860 bits per heavy atom. The Morgan fingerprint density at radius 3 is 1.24 bits per heavy atom. The fourth-order valence-electron chi connectivity index (χ4n) is 11.4. The van der Waals surface area contributed by atoms with Gasteiger partial charge in [-0.3, -0.25) is 14.4 Å². The summed E-state index contributed by atoms with van der Waals surface area (Å²) in [5.41, 5.74) is 8.92. The second-order valence-electron chi connectivity index (χ2n) is 22.2. The van der Waals surface area contributed by atoms with Crippen molar-refractivity contribution in [2.75, 3.05) is 27.4 Å². The minimum atomic E-state index is -4.43. The van der Waals surface area contributed by atoms with Crippen molar-refractivity contribution in [2.45, 2.75) is 82.1 Å². The summed E-state index contributed by atoms with van der Waals surface area (Å²) in [6.45, 7) is 4.03. The van der Waals surface area contributed by atoms with E-state index in [2.05, 4.69) is 32.1 Å². The van der Waals surface area contributed by atoms with Crippen LogP contribution in [-0.2, 0) is 70.2 Å². The van der Waals surface area contributed by atoms with Crippen LogP contribution in [0.25, 0.3) is 33.4 Å². The molecule has 0 bridgehead atoms. The van der Waals surface area contributed by atoms with Crippen molar-refractivity contribution in [2.24, 2.45) is 11.8 Å². The average Bonchev–Trinajstić information content (AvgIpc) is 1.66. The number of hydrogen-bond acceptors (Lipinski definition) is 11. The van der Waals surface area contributed by atoms with E-state index in [0.29, 0.717) is 87.2 Å². The van der Waals surface area contributed by atoms with Crippen LogP contribution < -0.4 is 0 Å². The van der Waals surface area contributed by atoms with Gasteiger partial charge in [-0.1, -0.05) is 107 Å². The number of methoxy groups -OCH3 is 2. The van der Waals surface area contributed by atoms with Crippen LogP contribution in [-0.4, -0.2) is 56.7 Å². The molecule has 4 aliphatic rings. The number of rotatable bonds is 10. The summed E-state index contributed by atoms with van der Waals surface area (Å²) >= 11 is 7.62. The van der Waals surface area contributed by atoms with Crippen LogP contribution in [0.15, 0.2) is 162 Å². The van der Waals surface area contributed by atoms with Gasteiger partial charge in [0.1, 0.15) is 9.75 Å². The third kappa shape index (κ3) is 17.3. The first-order chi connectivity index (χ1) is 44.3. The van der Waals surface area contributed by atoms with Crippen LogP contribution in [0.3, 0.4) is 0 Å². The Bertz CT molecular complexity index is 4170. The summed E-state index contributed by atoms with van der Waals surface area (Å²) in [5, 5.41) is 6.61. The minimum Gasteiger partial charge on any atom is -0.465 e. The van der Waals surface area contributed by atoms with E-state index >= 15 is 0 Å². The van der Waals surface area contributed by atoms with Crippen molar-refractivity contribution in [3.63, 3.8) is 0 Å². The number of alkyl halides is 10. The molecule has 93 heavy (non-hydrogen) atoms. The molecular formula is C72H60BrF9O8S3. The lowest BCUT2D eigenvalue weighted by Crippen LogP contribution is -2.11. The third-order valence-corrected chi connectivity index (χ3v) is 19.4. The highest BCUT2D eigenvalue weighted by molar-refractivity contribution is 9.08. The number of aryl methyl sites for hydroxylation is 1. The monoisotopic (exact) mass is 1400 g/mol. The number of ketones is 3. The number of esters is 2. The molecule has 9 aromatic rings. The quantitative estimate of drug-likeness (QED) is 0.0756. The molecule has 3 aliphatic carbocycles. The molecule has 484 valence electrons. The van der Waals surface area contributed by atoms with Crippen LogP contribution >= 0.6 is 49.9 Å². The molecule has 13 rings (SSSR count). The summed E-state index contributed by atoms with van der Waals surface area (Å²) in [5.74, 6) is -1.02. The van der Waals surface area contributed by atoms with Gasteiger partial charge < -0.3 is 14.2 Å². The predicted molar refractivity (Wildman–Crippen MR) is 347 cm³/mol. The first kappa shape index (κ1) is 69.5. The summed E-state index contributed by atoms with van der Waals surface area (Å²) in [6.07, 6.45) is -7.44. The number of benzene rings is 6. The second-order valence-corrected chi connectivity index (χ2v) is 25.7. The van der Waals surface area contributed by atoms with Crippen molar-refractivity contribution < 1.29 is 77.7 Å². The smallest absolute Gasteiger partial charge is 0.416 e. The Hall–Kier alpha value is -7.82. The molecule has 21 heteroatoms. The highest BCUT2D eigenvalue weighted by Gasteiger charge is 2.37. The Labute approximate surface area is 551 Å². The van der Waals surface area contributed by atoms with E-state index in [1.165, 1.54) is 72.8 Å². The average molecular weight is 1400 g/mol. The van der Waals surface area contributed by atoms with Gasteiger partial charge in [-0.25, -0.2) is 9.59 Å². The largest absolute Gasteiger partial charge is 0.465 e. The van der Waals surface area contributed by atoms with E-state index in [-0.39, 0.29) is 35.2 Å². The summed E-state index contributed by atoms with van der Waals surface area (Å²) < 4.78 is 131. The number of Topliss-reactive ketones (excluding diaryl/α,β-unsaturated/α-hetero) is 3. The highest BCUT2D eigenvalue weighted by Crippen LogP contribution is 2.42. The number of thiophene rings is 3. The van der Waals surface area contributed by atoms with Crippen LogP contribution in [0.4, 0.5) is 39.5 Å².